The molecule has 13 heteroatoms. The van der Waals surface area contributed by atoms with Crippen molar-refractivity contribution in [1.82, 2.24) is 9.80 Å². The van der Waals surface area contributed by atoms with Gasteiger partial charge >= 0.3 is 29.8 Å². The molecule has 0 aromatic heterocycles. The second-order valence-electron chi connectivity index (χ2n) is 7.86. The van der Waals surface area contributed by atoms with Crippen LogP contribution in [0.4, 0.5) is 0 Å². The van der Waals surface area contributed by atoms with E-state index in [2.05, 4.69) is 9.47 Å². The lowest BCUT2D eigenvalue weighted by Crippen LogP contribution is -2.33. The summed E-state index contributed by atoms with van der Waals surface area (Å²) in [5.74, 6) is -1.49. The van der Waals surface area contributed by atoms with Crippen LogP contribution in [0.2, 0.25) is 0 Å². The lowest BCUT2D eigenvalue weighted by atomic mass is 10.3. The smallest absolute Gasteiger partial charge is 0.307 e. The van der Waals surface area contributed by atoms with Crippen molar-refractivity contribution >= 4 is 29.8 Å². The molecule has 0 bridgehead atoms. The molecule has 0 spiro atoms. The first-order valence-corrected chi connectivity index (χ1v) is 12.8. The Labute approximate surface area is 225 Å². The van der Waals surface area contributed by atoms with E-state index in [-0.39, 0.29) is 68.7 Å². The number of nitrogens with zero attached hydrogens (tertiary/aromatic N) is 2. The molecule has 0 fully saturated rings. The Kier molecular flexibility index (Phi) is 25.4. The maximum atomic E-state index is 11.3. The normalized spacial score (nSPS) is 10.3. The Hall–Kier alpha value is -2.77. The molecule has 0 unspecified atom stereocenters. The van der Waals surface area contributed by atoms with Crippen molar-refractivity contribution in [2.75, 3.05) is 79.9 Å². The van der Waals surface area contributed by atoms with E-state index in [1.54, 1.807) is 13.8 Å². The van der Waals surface area contributed by atoms with Crippen molar-refractivity contribution in [3.8, 4) is 0 Å². The van der Waals surface area contributed by atoms with Gasteiger partial charge in [0.25, 0.3) is 0 Å². The van der Waals surface area contributed by atoms with E-state index in [1.165, 1.54) is 21.1 Å². The van der Waals surface area contributed by atoms with Crippen LogP contribution in [0.15, 0.2) is 0 Å². The summed E-state index contributed by atoms with van der Waals surface area (Å²) >= 11 is 0. The molecule has 0 saturated heterocycles. The lowest BCUT2D eigenvalue weighted by Gasteiger charge is -2.21. The first kappa shape index (κ1) is 37.4. The predicted molar refractivity (Wildman–Crippen MR) is 137 cm³/mol. The molecule has 38 heavy (non-hydrogen) atoms. The van der Waals surface area contributed by atoms with Gasteiger partial charge in [-0.05, 0) is 20.3 Å². The van der Waals surface area contributed by atoms with Gasteiger partial charge in [-0.15, -0.1) is 0 Å². The molecule has 0 radical (unpaired) electrons. The number of aliphatic hydroxyl groups is 1. The summed E-state index contributed by atoms with van der Waals surface area (Å²) < 4.78 is 23.7. The third kappa shape index (κ3) is 24.9. The van der Waals surface area contributed by atoms with Crippen molar-refractivity contribution in [1.29, 1.82) is 0 Å². The van der Waals surface area contributed by atoms with Crippen LogP contribution in [0.3, 0.4) is 0 Å². The van der Waals surface area contributed by atoms with E-state index in [1.807, 2.05) is 9.80 Å². The molecule has 0 rings (SSSR count). The third-order valence-corrected chi connectivity index (χ3v) is 4.94. The number of rotatable bonds is 20. The minimum Gasteiger partial charge on any atom is -0.469 e. The van der Waals surface area contributed by atoms with Gasteiger partial charge in [0.1, 0.15) is 6.61 Å². The summed E-state index contributed by atoms with van der Waals surface area (Å²) in [5, 5.41) is 8.75. The highest BCUT2D eigenvalue weighted by molar-refractivity contribution is 5.70. The first-order valence-electron chi connectivity index (χ1n) is 12.8. The van der Waals surface area contributed by atoms with Crippen LogP contribution in [-0.2, 0) is 47.7 Å². The SMILES string of the molecule is CCOC(=O)CCN(CCOC(C)=O)CCC(=O)OCC.COC(=O)CCN(CCCO)CCC(=O)OC. The zero-order chi connectivity index (χ0) is 29.2. The molecule has 13 nitrogen and oxygen atoms in total. The molecule has 0 saturated carbocycles. The van der Waals surface area contributed by atoms with Crippen molar-refractivity contribution in [2.24, 2.45) is 0 Å². The van der Waals surface area contributed by atoms with Crippen LogP contribution < -0.4 is 0 Å². The van der Waals surface area contributed by atoms with Crippen LogP contribution in [0.25, 0.3) is 0 Å². The number of hydrogen-bond acceptors (Lipinski definition) is 13. The van der Waals surface area contributed by atoms with E-state index < -0.39 is 0 Å². The maximum Gasteiger partial charge on any atom is 0.307 e. The van der Waals surface area contributed by atoms with E-state index in [4.69, 9.17) is 19.3 Å². The lowest BCUT2D eigenvalue weighted by molar-refractivity contribution is -0.145. The van der Waals surface area contributed by atoms with E-state index in [0.717, 1.165) is 0 Å². The second-order valence-corrected chi connectivity index (χ2v) is 7.86. The molecule has 0 aliphatic carbocycles. The van der Waals surface area contributed by atoms with E-state index in [9.17, 15) is 24.0 Å². The van der Waals surface area contributed by atoms with Gasteiger partial charge in [0.15, 0.2) is 0 Å². The second kappa shape index (κ2) is 25.9. The number of carbonyl (C=O) groups excluding carboxylic acids is 5. The average molecular weight is 551 g/mol. The molecule has 0 amide bonds. The fraction of sp³-hybridized carbons (Fsp3) is 0.800. The zero-order valence-corrected chi connectivity index (χ0v) is 23.5. The standard InChI is InChI=1S/C14H25NO6.C11H21NO5/c1-4-19-13(17)6-8-15(10-11-21-12(3)16)9-7-14(18)20-5-2;1-16-10(14)4-7-12(6-3-9-13)8-5-11(15)17-2/h4-11H2,1-3H3;13H,3-9H2,1-2H3. The van der Waals surface area contributed by atoms with Crippen molar-refractivity contribution in [2.45, 2.75) is 52.9 Å². The average Bonchev–Trinajstić information content (AvgIpc) is 2.89. The summed E-state index contributed by atoms with van der Waals surface area (Å²) in [5.41, 5.74) is 0. The predicted octanol–water partition coefficient (Wildman–Crippen LogP) is 0.555. The molecule has 0 heterocycles. The van der Waals surface area contributed by atoms with E-state index in [0.29, 0.717) is 58.9 Å². The molecular weight excluding hydrogens is 504 g/mol. The number of esters is 5. The number of ether oxygens (including phenoxy) is 5. The topological polar surface area (TPSA) is 158 Å². The minimum absolute atomic E-state index is 0.0902. The monoisotopic (exact) mass is 550 g/mol. The van der Waals surface area contributed by atoms with Gasteiger partial charge in [0.2, 0.25) is 0 Å². The molecule has 0 aliphatic heterocycles. The molecular formula is C25H46N2O11. The highest BCUT2D eigenvalue weighted by Gasteiger charge is 2.13. The maximum absolute atomic E-state index is 11.3. The molecule has 0 aromatic rings. The summed E-state index contributed by atoms with van der Waals surface area (Å²) in [6, 6.07) is 0. The third-order valence-electron chi connectivity index (χ3n) is 4.94. The Morgan fingerprint density at radius 2 is 1.00 bits per heavy atom. The summed E-state index contributed by atoms with van der Waals surface area (Å²) in [6.07, 6.45) is 1.64. The molecule has 0 atom stereocenters. The summed E-state index contributed by atoms with van der Waals surface area (Å²) in [6.45, 7) is 8.85. The molecule has 222 valence electrons. The number of carbonyl (C=O) groups is 5. The Morgan fingerprint density at radius 1 is 0.605 bits per heavy atom. The minimum atomic E-state index is -0.356. The summed E-state index contributed by atoms with van der Waals surface area (Å²) in [4.78, 5) is 59.2. The number of aliphatic hydroxyl groups excluding tert-OH is 1. The van der Waals surface area contributed by atoms with Gasteiger partial charge in [0, 0.05) is 52.8 Å². The molecule has 0 aliphatic rings. The Morgan fingerprint density at radius 3 is 1.34 bits per heavy atom. The van der Waals surface area contributed by atoms with Crippen LogP contribution in [-0.4, -0.2) is 125 Å². The Balaban J connectivity index is 0. The van der Waals surface area contributed by atoms with Crippen molar-refractivity contribution in [3.05, 3.63) is 0 Å². The van der Waals surface area contributed by atoms with Crippen molar-refractivity contribution < 1.29 is 52.8 Å². The number of hydrogen-bond donors (Lipinski definition) is 1. The van der Waals surface area contributed by atoms with Gasteiger partial charge in [-0.2, -0.15) is 0 Å². The van der Waals surface area contributed by atoms with Crippen LogP contribution >= 0.6 is 0 Å². The fourth-order valence-corrected chi connectivity index (χ4v) is 2.95. The van der Waals surface area contributed by atoms with Gasteiger partial charge in [-0.25, -0.2) is 0 Å². The fourth-order valence-electron chi connectivity index (χ4n) is 2.95. The molecule has 0 aromatic carbocycles. The highest BCUT2D eigenvalue weighted by atomic mass is 16.5. The first-order chi connectivity index (χ1) is 18.1. The van der Waals surface area contributed by atoms with Gasteiger partial charge in [-0.3, -0.25) is 28.9 Å². The number of methoxy groups -OCH3 is 2. The van der Waals surface area contributed by atoms with E-state index >= 15 is 0 Å². The van der Waals surface area contributed by atoms with Gasteiger partial charge in [0.05, 0.1) is 53.1 Å². The van der Waals surface area contributed by atoms with Gasteiger partial charge in [-0.1, -0.05) is 0 Å². The zero-order valence-electron chi connectivity index (χ0n) is 23.5. The summed E-state index contributed by atoms with van der Waals surface area (Å²) in [7, 11) is 2.68. The largest absolute Gasteiger partial charge is 0.469 e. The Bertz CT molecular complexity index is 632. The van der Waals surface area contributed by atoms with Crippen molar-refractivity contribution in [3.63, 3.8) is 0 Å². The quantitative estimate of drug-likeness (QED) is 0.166. The molecule has 1 N–H and O–H groups in total. The van der Waals surface area contributed by atoms with Crippen LogP contribution in [0, 0.1) is 0 Å². The van der Waals surface area contributed by atoms with Gasteiger partial charge < -0.3 is 33.7 Å². The highest BCUT2D eigenvalue weighted by Crippen LogP contribution is 2.00. The van der Waals surface area contributed by atoms with Crippen LogP contribution in [0.5, 0.6) is 0 Å². The van der Waals surface area contributed by atoms with Crippen LogP contribution in [0.1, 0.15) is 52.9 Å².